The van der Waals surface area contributed by atoms with Crippen molar-refractivity contribution in [1.29, 1.82) is 5.26 Å². The second-order valence-electron chi connectivity index (χ2n) is 9.60. The predicted molar refractivity (Wildman–Crippen MR) is 166 cm³/mol. The highest BCUT2D eigenvalue weighted by Gasteiger charge is 2.19. The fraction of sp³-hybridized carbons (Fsp3) is 0.147. The number of aryl methyl sites for hydroxylation is 2. The van der Waals surface area contributed by atoms with Gasteiger partial charge in [-0.15, -0.1) is 0 Å². The maximum atomic E-state index is 13.2. The van der Waals surface area contributed by atoms with E-state index in [1.165, 1.54) is 11.8 Å². The molecule has 0 radical (unpaired) electrons. The lowest BCUT2D eigenvalue weighted by Gasteiger charge is -2.15. The summed E-state index contributed by atoms with van der Waals surface area (Å²) in [4.78, 5) is 18.1. The maximum absolute atomic E-state index is 13.2. The summed E-state index contributed by atoms with van der Waals surface area (Å²) in [7, 11) is 3.16. The van der Waals surface area contributed by atoms with Crippen LogP contribution < -0.4 is 14.8 Å². The molecule has 1 N–H and O–H groups in total. The second kappa shape index (κ2) is 12.2. The van der Waals surface area contributed by atoms with Crippen LogP contribution in [-0.2, 0) is 4.79 Å². The fourth-order valence-electron chi connectivity index (χ4n) is 4.69. The molecule has 0 spiro atoms. The SMILES string of the molecule is COc1ccc(-c2cc(-c3ccc(C)cc3)nc(SCC(=O)Nc3c(C)ccc4ccccc34)c2C#N)cc1OC. The zero-order valence-corrected chi connectivity index (χ0v) is 24.1. The predicted octanol–water partition coefficient (Wildman–Crippen LogP) is 7.81. The summed E-state index contributed by atoms with van der Waals surface area (Å²) < 4.78 is 10.9. The van der Waals surface area contributed by atoms with Gasteiger partial charge in [-0.25, -0.2) is 4.98 Å². The van der Waals surface area contributed by atoms with Gasteiger partial charge in [0, 0.05) is 16.5 Å². The number of pyridine rings is 1. The third kappa shape index (κ3) is 5.88. The van der Waals surface area contributed by atoms with E-state index in [0.29, 0.717) is 33.3 Å². The van der Waals surface area contributed by atoms with Gasteiger partial charge in [0.25, 0.3) is 0 Å². The first kappa shape index (κ1) is 27.8. The van der Waals surface area contributed by atoms with Crippen LogP contribution in [0.25, 0.3) is 33.2 Å². The number of rotatable bonds is 8. The molecule has 1 amide bonds. The number of nitrogens with one attached hydrogen (secondary N) is 1. The molecule has 7 heteroatoms. The Morgan fingerprint density at radius 2 is 1.63 bits per heavy atom. The number of hydrogen-bond acceptors (Lipinski definition) is 6. The molecule has 0 aliphatic heterocycles. The Morgan fingerprint density at radius 1 is 0.902 bits per heavy atom. The van der Waals surface area contributed by atoms with Crippen LogP contribution in [0.5, 0.6) is 11.5 Å². The molecule has 1 heterocycles. The Morgan fingerprint density at radius 3 is 2.37 bits per heavy atom. The van der Waals surface area contributed by atoms with Gasteiger partial charge in [-0.2, -0.15) is 5.26 Å². The molecular formula is C34H29N3O3S. The van der Waals surface area contributed by atoms with Crippen molar-refractivity contribution < 1.29 is 14.3 Å². The molecule has 1 aromatic heterocycles. The van der Waals surface area contributed by atoms with Gasteiger partial charge in [-0.3, -0.25) is 4.79 Å². The van der Waals surface area contributed by atoms with Crippen molar-refractivity contribution in [3.05, 3.63) is 102 Å². The Kier molecular flexibility index (Phi) is 8.23. The summed E-state index contributed by atoms with van der Waals surface area (Å²) in [6, 6.07) is 29.9. The van der Waals surface area contributed by atoms with Crippen molar-refractivity contribution in [2.24, 2.45) is 0 Å². The highest BCUT2D eigenvalue weighted by molar-refractivity contribution is 8.00. The van der Waals surface area contributed by atoms with Gasteiger partial charge in [0.1, 0.15) is 11.1 Å². The van der Waals surface area contributed by atoms with Crippen LogP contribution in [0.4, 0.5) is 5.69 Å². The Labute approximate surface area is 244 Å². The van der Waals surface area contributed by atoms with Crippen molar-refractivity contribution >= 4 is 34.1 Å². The zero-order valence-electron chi connectivity index (χ0n) is 23.3. The van der Waals surface area contributed by atoms with Gasteiger partial charge in [-0.1, -0.05) is 84.1 Å². The molecule has 0 bridgehead atoms. The number of methoxy groups -OCH3 is 2. The summed E-state index contributed by atoms with van der Waals surface area (Å²) >= 11 is 1.25. The molecule has 0 unspecified atom stereocenters. The molecule has 4 aromatic carbocycles. The quantitative estimate of drug-likeness (QED) is 0.195. The average Bonchev–Trinajstić information content (AvgIpc) is 3.01. The Bertz CT molecular complexity index is 1790. The van der Waals surface area contributed by atoms with Gasteiger partial charge in [0.2, 0.25) is 5.91 Å². The van der Waals surface area contributed by atoms with Crippen LogP contribution in [0, 0.1) is 25.2 Å². The van der Waals surface area contributed by atoms with Gasteiger partial charge in [0.15, 0.2) is 11.5 Å². The Balaban J connectivity index is 1.52. The van der Waals surface area contributed by atoms with Crippen LogP contribution in [0.3, 0.4) is 0 Å². The minimum absolute atomic E-state index is 0.0903. The van der Waals surface area contributed by atoms with Crippen LogP contribution >= 0.6 is 11.8 Å². The highest BCUT2D eigenvalue weighted by atomic mass is 32.2. The molecule has 0 saturated heterocycles. The number of thioether (sulfide) groups is 1. The van der Waals surface area contributed by atoms with Gasteiger partial charge < -0.3 is 14.8 Å². The molecule has 5 aromatic rings. The number of hydrogen-bond donors (Lipinski definition) is 1. The maximum Gasteiger partial charge on any atom is 0.234 e. The first-order valence-electron chi connectivity index (χ1n) is 13.1. The molecule has 0 atom stereocenters. The number of carbonyl (C=O) groups is 1. The lowest BCUT2D eigenvalue weighted by atomic mass is 9.98. The summed E-state index contributed by atoms with van der Waals surface area (Å²) in [5.41, 5.74) is 6.42. The van der Waals surface area contributed by atoms with Crippen molar-refractivity contribution in [3.8, 4) is 40.0 Å². The normalized spacial score (nSPS) is 10.7. The van der Waals surface area contributed by atoms with Gasteiger partial charge in [0.05, 0.1) is 36.9 Å². The Hall–Kier alpha value is -4.80. The van der Waals surface area contributed by atoms with E-state index in [2.05, 4.69) is 11.4 Å². The number of amides is 1. The number of benzene rings is 4. The monoisotopic (exact) mass is 559 g/mol. The third-order valence-electron chi connectivity index (χ3n) is 6.88. The number of carbonyl (C=O) groups excluding carboxylic acids is 1. The number of anilines is 1. The molecule has 41 heavy (non-hydrogen) atoms. The number of ether oxygens (including phenoxy) is 2. The summed E-state index contributed by atoms with van der Waals surface area (Å²) in [5, 5.41) is 15.9. The minimum Gasteiger partial charge on any atom is -0.493 e. The lowest BCUT2D eigenvalue weighted by Crippen LogP contribution is -2.15. The van der Waals surface area contributed by atoms with E-state index in [1.807, 2.05) is 98.8 Å². The first-order chi connectivity index (χ1) is 19.9. The molecule has 204 valence electrons. The minimum atomic E-state index is -0.173. The van der Waals surface area contributed by atoms with Crippen LogP contribution in [0.15, 0.2) is 90.0 Å². The largest absolute Gasteiger partial charge is 0.493 e. The summed E-state index contributed by atoms with van der Waals surface area (Å²) in [6.45, 7) is 4.01. The van der Waals surface area contributed by atoms with E-state index >= 15 is 0 Å². The smallest absolute Gasteiger partial charge is 0.234 e. The highest BCUT2D eigenvalue weighted by Crippen LogP contribution is 2.38. The van der Waals surface area contributed by atoms with Gasteiger partial charge >= 0.3 is 0 Å². The molecule has 0 aliphatic carbocycles. The van der Waals surface area contributed by atoms with Crippen molar-refractivity contribution in [2.75, 3.05) is 25.3 Å². The van der Waals surface area contributed by atoms with E-state index in [1.54, 1.807) is 14.2 Å². The average molecular weight is 560 g/mol. The fourth-order valence-corrected chi connectivity index (χ4v) is 5.50. The second-order valence-corrected chi connectivity index (χ2v) is 10.6. The summed E-state index contributed by atoms with van der Waals surface area (Å²) in [6.07, 6.45) is 0. The molecule has 0 aliphatic rings. The van der Waals surface area contributed by atoms with E-state index in [9.17, 15) is 10.1 Å². The number of fused-ring (bicyclic) bond motifs is 1. The first-order valence-corrected chi connectivity index (χ1v) is 14.1. The van der Waals surface area contributed by atoms with E-state index in [0.717, 1.165) is 38.7 Å². The topological polar surface area (TPSA) is 84.2 Å². The summed E-state index contributed by atoms with van der Waals surface area (Å²) in [5.74, 6) is 1.07. The lowest BCUT2D eigenvalue weighted by molar-refractivity contribution is -0.113. The van der Waals surface area contributed by atoms with Crippen molar-refractivity contribution in [3.63, 3.8) is 0 Å². The number of aromatic nitrogens is 1. The number of nitriles is 1. The van der Waals surface area contributed by atoms with Crippen LogP contribution in [0.1, 0.15) is 16.7 Å². The molecule has 6 nitrogen and oxygen atoms in total. The van der Waals surface area contributed by atoms with Gasteiger partial charge in [-0.05, 0) is 48.6 Å². The standard InChI is InChI=1S/C34H29N3O3S/c1-21-9-12-24(13-10-21)29-18-27(25-15-16-30(39-3)31(17-25)40-4)28(19-35)34(36-29)41-20-32(38)37-33-22(2)11-14-23-7-5-6-8-26(23)33/h5-18H,20H2,1-4H3,(H,37,38). The third-order valence-corrected chi connectivity index (χ3v) is 7.86. The zero-order chi connectivity index (χ0) is 28.9. The van der Waals surface area contributed by atoms with E-state index < -0.39 is 0 Å². The molecular weight excluding hydrogens is 530 g/mol. The van der Waals surface area contributed by atoms with Crippen LogP contribution in [-0.4, -0.2) is 30.9 Å². The molecule has 5 rings (SSSR count). The van der Waals surface area contributed by atoms with Crippen molar-refractivity contribution in [2.45, 2.75) is 18.9 Å². The van der Waals surface area contributed by atoms with Crippen molar-refractivity contribution in [1.82, 2.24) is 4.98 Å². The number of nitrogens with zero attached hydrogens (tertiary/aromatic N) is 2. The van der Waals surface area contributed by atoms with Crippen LogP contribution in [0.2, 0.25) is 0 Å². The molecule has 0 saturated carbocycles. The van der Waals surface area contributed by atoms with E-state index in [4.69, 9.17) is 14.5 Å². The molecule has 0 fully saturated rings. The van der Waals surface area contributed by atoms with E-state index in [-0.39, 0.29) is 11.7 Å².